The summed E-state index contributed by atoms with van der Waals surface area (Å²) in [6, 6.07) is 13.1. The van der Waals surface area contributed by atoms with Crippen molar-refractivity contribution in [3.05, 3.63) is 65.0 Å². The molecule has 0 spiro atoms. The van der Waals surface area contributed by atoms with Gasteiger partial charge in [-0.15, -0.1) is 0 Å². The summed E-state index contributed by atoms with van der Waals surface area (Å²) in [5.41, 5.74) is 1.64. The molecule has 29 heavy (non-hydrogen) atoms. The Kier molecular flexibility index (Phi) is 7.41. The summed E-state index contributed by atoms with van der Waals surface area (Å²) in [5, 5.41) is 8.77. The average Bonchev–Trinajstić information content (AvgIpc) is 2.75. The number of hydrogen-bond acceptors (Lipinski definition) is 3. The fourth-order valence-corrected chi connectivity index (χ4v) is 4.17. The van der Waals surface area contributed by atoms with E-state index in [9.17, 15) is 9.18 Å². The predicted octanol–water partition coefficient (Wildman–Crippen LogP) is 6.77. The van der Waals surface area contributed by atoms with Gasteiger partial charge in [0.05, 0.1) is 11.1 Å². The fraction of sp³-hybridized carbons (Fsp3) is 0.440. The van der Waals surface area contributed by atoms with Gasteiger partial charge in [0.15, 0.2) is 0 Å². The van der Waals surface area contributed by atoms with Gasteiger partial charge < -0.3 is 4.74 Å². The van der Waals surface area contributed by atoms with Crippen LogP contribution in [0.15, 0.2) is 42.5 Å². The van der Waals surface area contributed by atoms with E-state index in [1.54, 1.807) is 18.2 Å². The molecule has 1 aliphatic rings. The van der Waals surface area contributed by atoms with Crippen molar-refractivity contribution in [2.75, 3.05) is 0 Å². The Morgan fingerprint density at radius 3 is 2.45 bits per heavy atom. The Labute approximate surface area is 172 Å². The van der Waals surface area contributed by atoms with E-state index < -0.39 is 11.8 Å². The third kappa shape index (κ3) is 5.67. The number of benzene rings is 2. The summed E-state index contributed by atoms with van der Waals surface area (Å²) in [6.07, 6.45) is 10.4. The molecule has 0 radical (unpaired) electrons. The van der Waals surface area contributed by atoms with Gasteiger partial charge in [-0.05, 0) is 67.3 Å². The molecular formula is C25H28FNO2. The number of carbonyl (C=O) groups excluding carboxylic acids is 1. The minimum Gasteiger partial charge on any atom is -0.423 e. The Morgan fingerprint density at radius 1 is 1.10 bits per heavy atom. The van der Waals surface area contributed by atoms with Crippen molar-refractivity contribution in [2.24, 2.45) is 5.92 Å². The molecule has 4 heteroatoms. The van der Waals surface area contributed by atoms with Gasteiger partial charge in [-0.3, -0.25) is 0 Å². The molecule has 1 aliphatic carbocycles. The SMILES string of the molecule is CCCCCC1CCC(c2ccc(C(=O)Oc3ccc(C#N)c(F)c3)cc2)CC1. The van der Waals surface area contributed by atoms with E-state index in [-0.39, 0.29) is 11.3 Å². The largest absolute Gasteiger partial charge is 0.423 e. The Morgan fingerprint density at radius 2 is 1.83 bits per heavy atom. The number of nitriles is 1. The zero-order valence-electron chi connectivity index (χ0n) is 17.0. The maximum Gasteiger partial charge on any atom is 0.343 e. The molecule has 0 N–H and O–H groups in total. The molecular weight excluding hydrogens is 365 g/mol. The number of unbranched alkanes of at least 4 members (excludes halogenated alkanes) is 2. The van der Waals surface area contributed by atoms with E-state index in [0.717, 1.165) is 12.0 Å². The summed E-state index contributed by atoms with van der Waals surface area (Å²) in [6.45, 7) is 2.25. The first-order valence-corrected chi connectivity index (χ1v) is 10.6. The molecule has 0 amide bonds. The lowest BCUT2D eigenvalue weighted by atomic mass is 9.77. The number of ether oxygens (including phenoxy) is 1. The quantitative estimate of drug-likeness (QED) is 0.296. The van der Waals surface area contributed by atoms with E-state index in [1.807, 2.05) is 12.1 Å². The van der Waals surface area contributed by atoms with Crippen LogP contribution in [0.2, 0.25) is 0 Å². The maximum atomic E-state index is 13.7. The molecule has 3 nitrogen and oxygen atoms in total. The van der Waals surface area contributed by atoms with E-state index in [0.29, 0.717) is 11.5 Å². The molecule has 0 aliphatic heterocycles. The maximum absolute atomic E-state index is 13.7. The molecule has 0 aromatic heterocycles. The van der Waals surface area contributed by atoms with Gasteiger partial charge in [-0.2, -0.15) is 5.26 Å². The molecule has 0 atom stereocenters. The van der Waals surface area contributed by atoms with E-state index in [2.05, 4.69) is 6.92 Å². The third-order valence-electron chi connectivity index (χ3n) is 5.95. The number of esters is 1. The molecule has 2 aromatic rings. The van der Waals surface area contributed by atoms with Crippen LogP contribution in [0.1, 0.15) is 85.7 Å². The molecule has 0 saturated heterocycles. The highest BCUT2D eigenvalue weighted by Crippen LogP contribution is 2.37. The number of nitrogens with zero attached hydrogens (tertiary/aromatic N) is 1. The van der Waals surface area contributed by atoms with Gasteiger partial charge in [-0.25, -0.2) is 9.18 Å². The molecule has 0 bridgehead atoms. The van der Waals surface area contributed by atoms with Gasteiger partial charge in [0, 0.05) is 6.07 Å². The van der Waals surface area contributed by atoms with Crippen molar-refractivity contribution < 1.29 is 13.9 Å². The van der Waals surface area contributed by atoms with Crippen molar-refractivity contribution >= 4 is 5.97 Å². The summed E-state index contributed by atoms with van der Waals surface area (Å²) >= 11 is 0. The third-order valence-corrected chi connectivity index (χ3v) is 5.95. The molecule has 0 unspecified atom stereocenters. The topological polar surface area (TPSA) is 50.1 Å². The highest BCUT2D eigenvalue weighted by molar-refractivity contribution is 5.91. The smallest absolute Gasteiger partial charge is 0.343 e. The van der Waals surface area contributed by atoms with Crippen LogP contribution in [0, 0.1) is 23.1 Å². The van der Waals surface area contributed by atoms with Crippen LogP contribution in [0.25, 0.3) is 0 Å². The molecule has 1 saturated carbocycles. The highest BCUT2D eigenvalue weighted by atomic mass is 19.1. The second-order valence-corrected chi connectivity index (χ2v) is 7.98. The molecule has 2 aromatic carbocycles. The van der Waals surface area contributed by atoms with Gasteiger partial charge in [0.1, 0.15) is 17.6 Å². The predicted molar refractivity (Wildman–Crippen MR) is 111 cm³/mol. The first kappa shape index (κ1) is 21.0. The Bertz CT molecular complexity index is 861. The van der Waals surface area contributed by atoms with Crippen LogP contribution in [0.4, 0.5) is 4.39 Å². The lowest BCUT2D eigenvalue weighted by Crippen LogP contribution is -2.14. The number of hydrogen-bond donors (Lipinski definition) is 0. The van der Waals surface area contributed by atoms with Crippen LogP contribution in [-0.4, -0.2) is 5.97 Å². The second kappa shape index (κ2) is 10.2. The zero-order chi connectivity index (χ0) is 20.6. The Hall–Kier alpha value is -2.67. The summed E-state index contributed by atoms with van der Waals surface area (Å²) in [7, 11) is 0. The van der Waals surface area contributed by atoms with Crippen molar-refractivity contribution in [3.8, 4) is 11.8 Å². The zero-order valence-corrected chi connectivity index (χ0v) is 17.0. The van der Waals surface area contributed by atoms with Crippen LogP contribution >= 0.6 is 0 Å². The summed E-state index contributed by atoms with van der Waals surface area (Å²) < 4.78 is 18.9. The highest BCUT2D eigenvalue weighted by Gasteiger charge is 2.22. The molecule has 152 valence electrons. The van der Waals surface area contributed by atoms with E-state index in [1.165, 1.54) is 69.1 Å². The van der Waals surface area contributed by atoms with Crippen molar-refractivity contribution in [2.45, 2.75) is 64.2 Å². The van der Waals surface area contributed by atoms with E-state index in [4.69, 9.17) is 10.00 Å². The standard InChI is InChI=1S/C25H28FNO2/c1-2-3-4-5-18-6-8-19(9-7-18)20-10-12-21(13-11-20)25(28)29-23-15-14-22(17-27)24(26)16-23/h10-16,18-19H,2-9H2,1H3. The minimum atomic E-state index is -0.696. The first-order chi connectivity index (χ1) is 14.1. The fourth-order valence-electron chi connectivity index (χ4n) is 4.17. The molecule has 1 fully saturated rings. The monoisotopic (exact) mass is 393 g/mol. The van der Waals surface area contributed by atoms with Crippen molar-refractivity contribution in [1.29, 1.82) is 5.26 Å². The van der Waals surface area contributed by atoms with E-state index >= 15 is 0 Å². The minimum absolute atomic E-state index is 0.0748. The van der Waals surface area contributed by atoms with Crippen LogP contribution in [-0.2, 0) is 0 Å². The number of halogens is 1. The van der Waals surface area contributed by atoms with Crippen LogP contribution in [0.3, 0.4) is 0 Å². The Balaban J connectivity index is 1.54. The van der Waals surface area contributed by atoms with Gasteiger partial charge in [0.25, 0.3) is 0 Å². The average molecular weight is 394 g/mol. The van der Waals surface area contributed by atoms with Crippen molar-refractivity contribution in [1.82, 2.24) is 0 Å². The number of carbonyl (C=O) groups is 1. The normalized spacial score (nSPS) is 18.8. The lowest BCUT2D eigenvalue weighted by Gasteiger charge is -2.29. The summed E-state index contributed by atoms with van der Waals surface area (Å²) in [4.78, 5) is 12.3. The molecule has 0 heterocycles. The van der Waals surface area contributed by atoms with Gasteiger partial charge in [-0.1, -0.05) is 44.7 Å². The van der Waals surface area contributed by atoms with Crippen LogP contribution in [0.5, 0.6) is 5.75 Å². The second-order valence-electron chi connectivity index (χ2n) is 7.98. The number of rotatable bonds is 7. The first-order valence-electron chi connectivity index (χ1n) is 10.6. The van der Waals surface area contributed by atoms with Gasteiger partial charge >= 0.3 is 5.97 Å². The summed E-state index contributed by atoms with van der Waals surface area (Å²) in [5.74, 6) is 0.311. The van der Waals surface area contributed by atoms with Crippen LogP contribution < -0.4 is 4.74 Å². The molecule has 3 rings (SSSR count). The lowest BCUT2D eigenvalue weighted by molar-refractivity contribution is 0.0734. The van der Waals surface area contributed by atoms with Crippen molar-refractivity contribution in [3.63, 3.8) is 0 Å². The van der Waals surface area contributed by atoms with Gasteiger partial charge in [0.2, 0.25) is 0 Å².